The van der Waals surface area contributed by atoms with Crippen LogP contribution in [0.15, 0.2) is 66.7 Å². The highest BCUT2D eigenvalue weighted by Crippen LogP contribution is 2.02. The van der Waals surface area contributed by atoms with Crippen LogP contribution < -0.4 is 0 Å². The Hall–Kier alpha value is -1.41. The smallest absolute Gasteiger partial charge is 0.115 e. The zero-order valence-electron chi connectivity index (χ0n) is 7.80. The van der Waals surface area contributed by atoms with E-state index in [4.69, 9.17) is 5.11 Å². The van der Waals surface area contributed by atoms with Gasteiger partial charge in [0.1, 0.15) is 5.75 Å². The predicted octanol–water partition coefficient (Wildman–Crippen LogP) is 3.19. The summed E-state index contributed by atoms with van der Waals surface area (Å²) in [6, 6.07) is 20.7. The molecule has 0 saturated heterocycles. The van der Waals surface area contributed by atoms with Gasteiger partial charge in [0.25, 0.3) is 0 Å². The molecule has 0 saturated carbocycles. The Morgan fingerprint density at radius 1 is 0.571 bits per heavy atom. The zero-order chi connectivity index (χ0) is 9.36. The lowest BCUT2D eigenvalue weighted by Gasteiger charge is -1.82. The number of rotatable bonds is 0. The summed E-state index contributed by atoms with van der Waals surface area (Å²) in [5, 5.41) is 8.63. The van der Waals surface area contributed by atoms with E-state index in [2.05, 4.69) is 0 Å². The Morgan fingerprint density at radius 3 is 1.07 bits per heavy atom. The lowest BCUT2D eigenvalue weighted by atomic mass is 10.3. The fraction of sp³-hybridized carbons (Fsp3) is 0. The summed E-state index contributed by atoms with van der Waals surface area (Å²) in [4.78, 5) is 0. The molecule has 0 bridgehead atoms. The molecule has 0 aliphatic carbocycles. The number of phenols is 1. The van der Waals surface area contributed by atoms with E-state index in [0.29, 0.717) is 5.75 Å². The van der Waals surface area contributed by atoms with Crippen LogP contribution in [0.4, 0.5) is 0 Å². The van der Waals surface area contributed by atoms with E-state index in [1.807, 2.05) is 42.5 Å². The molecule has 2 aromatic rings. The van der Waals surface area contributed by atoms with Gasteiger partial charge in [-0.05, 0) is 12.1 Å². The lowest BCUT2D eigenvalue weighted by Crippen LogP contribution is -1.56. The molecule has 0 fully saturated rings. The number of aromatic hydroxyl groups is 1. The molecule has 2 heteroatoms. The Labute approximate surface area is 91.5 Å². The summed E-state index contributed by atoms with van der Waals surface area (Å²) in [7, 11) is 0. The summed E-state index contributed by atoms with van der Waals surface area (Å²) >= 11 is 0. The second-order valence-corrected chi connectivity index (χ2v) is 2.49. The maximum atomic E-state index is 8.63. The largest absolute Gasteiger partial charge is 0.508 e. The highest BCUT2D eigenvalue weighted by atomic mass is 32.1. The van der Waals surface area contributed by atoms with Crippen LogP contribution in [0, 0.1) is 0 Å². The van der Waals surface area contributed by atoms with Crippen molar-refractivity contribution in [1.82, 2.24) is 0 Å². The van der Waals surface area contributed by atoms with Crippen LogP contribution in [0.2, 0.25) is 0 Å². The van der Waals surface area contributed by atoms with Crippen molar-refractivity contribution in [3.63, 3.8) is 0 Å². The number of para-hydroxylation sites is 1. The van der Waals surface area contributed by atoms with E-state index >= 15 is 0 Å². The molecular formula is C12H14OS. The van der Waals surface area contributed by atoms with Gasteiger partial charge in [0.15, 0.2) is 0 Å². The van der Waals surface area contributed by atoms with Gasteiger partial charge in [0.05, 0.1) is 0 Å². The fourth-order valence-electron chi connectivity index (χ4n) is 0.813. The Bertz CT molecular complexity index is 281. The predicted molar refractivity (Wildman–Crippen MR) is 64.9 cm³/mol. The lowest BCUT2D eigenvalue weighted by molar-refractivity contribution is 0.475. The van der Waals surface area contributed by atoms with Crippen molar-refractivity contribution in [3.05, 3.63) is 66.7 Å². The van der Waals surface area contributed by atoms with E-state index in [0.717, 1.165) is 0 Å². The Balaban J connectivity index is 0.000000227. The van der Waals surface area contributed by atoms with Gasteiger partial charge in [-0.3, -0.25) is 0 Å². The molecule has 0 aliphatic rings. The van der Waals surface area contributed by atoms with Gasteiger partial charge < -0.3 is 5.11 Å². The van der Waals surface area contributed by atoms with Crippen LogP contribution in [-0.4, -0.2) is 5.11 Å². The molecule has 0 heterocycles. The van der Waals surface area contributed by atoms with E-state index in [9.17, 15) is 0 Å². The molecule has 1 nitrogen and oxygen atoms in total. The fourth-order valence-corrected chi connectivity index (χ4v) is 0.813. The standard InChI is InChI=1S/C6H6O.C6H6.H2S/c7-6-4-2-1-3-5-6;1-2-4-6-5-3-1;/h1-5,7H;1-6H;1H2. The van der Waals surface area contributed by atoms with Crippen molar-refractivity contribution in [3.8, 4) is 5.75 Å². The van der Waals surface area contributed by atoms with Crippen LogP contribution in [0.5, 0.6) is 5.75 Å². The third kappa shape index (κ3) is 6.14. The molecule has 2 aromatic carbocycles. The van der Waals surface area contributed by atoms with Crippen molar-refractivity contribution in [2.24, 2.45) is 0 Å². The molecular weight excluding hydrogens is 192 g/mol. The maximum absolute atomic E-state index is 8.63. The van der Waals surface area contributed by atoms with E-state index < -0.39 is 0 Å². The van der Waals surface area contributed by atoms with Crippen LogP contribution in [0.3, 0.4) is 0 Å². The van der Waals surface area contributed by atoms with Crippen molar-refractivity contribution < 1.29 is 5.11 Å². The Morgan fingerprint density at radius 2 is 0.857 bits per heavy atom. The number of phenolic OH excluding ortho intramolecular Hbond substituents is 1. The highest BCUT2D eigenvalue weighted by molar-refractivity contribution is 7.59. The number of benzene rings is 2. The van der Waals surface area contributed by atoms with Crippen LogP contribution in [0.25, 0.3) is 0 Å². The minimum Gasteiger partial charge on any atom is -0.508 e. The second kappa shape index (κ2) is 8.20. The first-order valence-electron chi connectivity index (χ1n) is 4.13. The van der Waals surface area contributed by atoms with Gasteiger partial charge in [-0.25, -0.2) is 0 Å². The van der Waals surface area contributed by atoms with Crippen molar-refractivity contribution in [1.29, 1.82) is 0 Å². The average molecular weight is 206 g/mol. The highest BCUT2D eigenvalue weighted by Gasteiger charge is 1.74. The maximum Gasteiger partial charge on any atom is 0.115 e. The first-order valence-corrected chi connectivity index (χ1v) is 4.13. The van der Waals surface area contributed by atoms with Gasteiger partial charge >= 0.3 is 0 Å². The van der Waals surface area contributed by atoms with E-state index in [1.165, 1.54) is 0 Å². The van der Waals surface area contributed by atoms with Crippen molar-refractivity contribution >= 4 is 13.5 Å². The summed E-state index contributed by atoms with van der Waals surface area (Å²) < 4.78 is 0. The SMILES string of the molecule is Oc1ccccc1.S.c1ccccc1. The van der Waals surface area contributed by atoms with E-state index in [-0.39, 0.29) is 13.5 Å². The van der Waals surface area contributed by atoms with Gasteiger partial charge in [-0.15, -0.1) is 0 Å². The molecule has 0 atom stereocenters. The molecule has 0 unspecified atom stereocenters. The third-order valence-corrected chi connectivity index (χ3v) is 1.42. The van der Waals surface area contributed by atoms with Crippen molar-refractivity contribution in [2.45, 2.75) is 0 Å². The van der Waals surface area contributed by atoms with Crippen LogP contribution >= 0.6 is 13.5 Å². The van der Waals surface area contributed by atoms with Crippen LogP contribution in [0.1, 0.15) is 0 Å². The average Bonchev–Trinajstić information content (AvgIpc) is 2.22. The summed E-state index contributed by atoms with van der Waals surface area (Å²) in [6.07, 6.45) is 0. The van der Waals surface area contributed by atoms with Gasteiger partial charge in [-0.2, -0.15) is 13.5 Å². The Kier molecular flexibility index (Phi) is 7.37. The molecule has 2 rings (SSSR count). The van der Waals surface area contributed by atoms with Crippen molar-refractivity contribution in [2.75, 3.05) is 0 Å². The summed E-state index contributed by atoms with van der Waals surface area (Å²) in [6.45, 7) is 0. The minimum absolute atomic E-state index is 0. The second-order valence-electron chi connectivity index (χ2n) is 2.49. The molecule has 1 N–H and O–H groups in total. The van der Waals surface area contributed by atoms with Gasteiger partial charge in [-0.1, -0.05) is 54.6 Å². The summed E-state index contributed by atoms with van der Waals surface area (Å²) in [5.74, 6) is 0.322. The van der Waals surface area contributed by atoms with E-state index in [1.54, 1.807) is 24.3 Å². The zero-order valence-corrected chi connectivity index (χ0v) is 8.80. The topological polar surface area (TPSA) is 20.2 Å². The third-order valence-electron chi connectivity index (χ3n) is 1.42. The molecule has 0 radical (unpaired) electrons. The molecule has 0 amide bonds. The molecule has 14 heavy (non-hydrogen) atoms. The normalized spacial score (nSPS) is 7.71. The first-order chi connectivity index (χ1) is 6.39. The number of hydrogen-bond acceptors (Lipinski definition) is 1. The summed E-state index contributed by atoms with van der Waals surface area (Å²) in [5.41, 5.74) is 0. The number of hydrogen-bond donors (Lipinski definition) is 1. The monoisotopic (exact) mass is 206 g/mol. The molecule has 74 valence electrons. The van der Waals surface area contributed by atoms with Gasteiger partial charge in [0.2, 0.25) is 0 Å². The molecule has 0 spiro atoms. The molecule has 0 aromatic heterocycles. The first kappa shape index (κ1) is 12.6. The minimum atomic E-state index is 0. The molecule has 0 aliphatic heterocycles. The quantitative estimate of drug-likeness (QED) is 0.702. The van der Waals surface area contributed by atoms with Gasteiger partial charge in [0, 0.05) is 0 Å². The van der Waals surface area contributed by atoms with Crippen LogP contribution in [-0.2, 0) is 0 Å².